The molecular formula is C22H42O7P2. The molecule has 3 N–H and O–H groups in total. The maximum absolute atomic E-state index is 11.5. The molecular weight excluding hydrogens is 438 g/mol. The second-order valence-corrected chi connectivity index (χ2v) is 12.4. The van der Waals surface area contributed by atoms with Crippen molar-refractivity contribution in [2.24, 2.45) is 5.92 Å². The Labute approximate surface area is 188 Å². The number of phosphoric ester groups is 1. The summed E-state index contributed by atoms with van der Waals surface area (Å²) < 4.78 is 31.4. The fraction of sp³-hybridized carbons (Fsp3) is 0.727. The fourth-order valence-corrected chi connectivity index (χ4v) is 4.67. The highest BCUT2D eigenvalue weighted by molar-refractivity contribution is 7.63. The summed E-state index contributed by atoms with van der Waals surface area (Å²) in [5.74, 6) is 0.263. The van der Waals surface area contributed by atoms with Gasteiger partial charge in [-0.05, 0) is 79.1 Å². The molecule has 182 valence electrons. The molecule has 0 radical (unpaired) electrons. The standard InChI is InChI=1S/C22H42O7P2/c1-18(10-8-12-19(2)14-15-21(4)22(5,6)23)11-9-13-20(3)16-17-28-31(26,27)29-30(7,24)25/h11-12,16,21,23H,8-10,13-15,17H2,1-7H3,(H,24,25)(H,26,27)/b18-11+,19-12+,20-16+. The molecule has 0 rings (SSSR count). The van der Waals surface area contributed by atoms with Crippen molar-refractivity contribution in [3.8, 4) is 0 Å². The zero-order chi connectivity index (χ0) is 24.3. The van der Waals surface area contributed by atoms with Crippen LogP contribution in [-0.2, 0) is 18.0 Å². The van der Waals surface area contributed by atoms with E-state index in [-0.39, 0.29) is 12.5 Å². The van der Waals surface area contributed by atoms with Gasteiger partial charge in [0, 0.05) is 6.66 Å². The van der Waals surface area contributed by atoms with Crippen molar-refractivity contribution in [3.05, 3.63) is 34.9 Å². The Kier molecular flexibility index (Phi) is 13.7. The van der Waals surface area contributed by atoms with Crippen LogP contribution in [0.1, 0.15) is 80.1 Å². The van der Waals surface area contributed by atoms with Gasteiger partial charge < -0.3 is 14.9 Å². The van der Waals surface area contributed by atoms with Crippen LogP contribution in [0, 0.1) is 5.92 Å². The molecule has 0 aliphatic carbocycles. The second kappa shape index (κ2) is 13.9. The molecule has 0 aromatic rings. The molecule has 0 aromatic carbocycles. The van der Waals surface area contributed by atoms with E-state index in [1.165, 1.54) is 11.1 Å². The van der Waals surface area contributed by atoms with E-state index in [2.05, 4.69) is 41.8 Å². The lowest BCUT2D eigenvalue weighted by Gasteiger charge is -2.25. The first kappa shape index (κ1) is 30.5. The summed E-state index contributed by atoms with van der Waals surface area (Å²) in [6.07, 6.45) is 11.7. The van der Waals surface area contributed by atoms with Gasteiger partial charge in [0.15, 0.2) is 0 Å². The predicted octanol–water partition coefficient (Wildman–Crippen LogP) is 6.52. The van der Waals surface area contributed by atoms with E-state index in [1.807, 2.05) is 20.8 Å². The van der Waals surface area contributed by atoms with Crippen molar-refractivity contribution in [2.75, 3.05) is 13.3 Å². The third-order valence-electron chi connectivity index (χ3n) is 5.16. The van der Waals surface area contributed by atoms with E-state index < -0.39 is 21.0 Å². The molecule has 0 saturated carbocycles. The van der Waals surface area contributed by atoms with Gasteiger partial charge >= 0.3 is 15.4 Å². The number of aliphatic hydroxyl groups is 1. The summed E-state index contributed by atoms with van der Waals surface area (Å²) in [5, 5.41) is 10.0. The Bertz CT molecular complexity index is 727. The highest BCUT2D eigenvalue weighted by atomic mass is 31.3. The Morgan fingerprint density at radius 2 is 1.39 bits per heavy atom. The van der Waals surface area contributed by atoms with Gasteiger partial charge in [-0.3, -0.25) is 9.09 Å². The van der Waals surface area contributed by atoms with Gasteiger partial charge in [-0.15, -0.1) is 0 Å². The van der Waals surface area contributed by atoms with E-state index >= 15 is 0 Å². The van der Waals surface area contributed by atoms with Crippen molar-refractivity contribution in [2.45, 2.75) is 85.7 Å². The summed E-state index contributed by atoms with van der Waals surface area (Å²) in [6, 6.07) is 0. The van der Waals surface area contributed by atoms with Gasteiger partial charge in [0.1, 0.15) is 0 Å². The first-order chi connectivity index (χ1) is 14.0. The lowest BCUT2D eigenvalue weighted by Crippen LogP contribution is -2.28. The number of rotatable bonds is 15. The van der Waals surface area contributed by atoms with E-state index in [1.54, 1.807) is 6.08 Å². The molecule has 9 heteroatoms. The Morgan fingerprint density at radius 3 is 1.84 bits per heavy atom. The van der Waals surface area contributed by atoms with Gasteiger partial charge in [0.2, 0.25) is 0 Å². The molecule has 3 unspecified atom stereocenters. The summed E-state index contributed by atoms with van der Waals surface area (Å²) in [4.78, 5) is 18.3. The third-order valence-corrected chi connectivity index (χ3v) is 7.68. The Morgan fingerprint density at radius 1 is 0.935 bits per heavy atom. The average Bonchev–Trinajstić information content (AvgIpc) is 2.56. The minimum absolute atomic E-state index is 0.168. The van der Waals surface area contributed by atoms with E-state index in [0.717, 1.165) is 50.8 Å². The smallest absolute Gasteiger partial charge is 0.390 e. The van der Waals surface area contributed by atoms with Gasteiger partial charge in [-0.1, -0.05) is 41.9 Å². The number of hydrogen-bond donors (Lipinski definition) is 3. The molecule has 7 nitrogen and oxygen atoms in total. The molecule has 0 amide bonds. The molecule has 3 atom stereocenters. The fourth-order valence-electron chi connectivity index (χ4n) is 2.68. The van der Waals surface area contributed by atoms with Crippen molar-refractivity contribution in [1.82, 2.24) is 0 Å². The minimum Gasteiger partial charge on any atom is -0.390 e. The summed E-state index contributed by atoms with van der Waals surface area (Å²) in [7, 11) is -8.63. The van der Waals surface area contributed by atoms with E-state index in [0.29, 0.717) is 0 Å². The normalized spacial score (nSPS) is 19.1. The molecule has 0 aliphatic heterocycles. The SMILES string of the molecule is C/C(=C\CC/C(C)=C/COP(=O)(O)OP(C)(=O)O)CC/C=C(\C)CCC(C)C(C)(C)O. The lowest BCUT2D eigenvalue weighted by atomic mass is 9.87. The third kappa shape index (κ3) is 17.7. The van der Waals surface area contributed by atoms with Crippen LogP contribution in [0.5, 0.6) is 0 Å². The molecule has 0 spiro atoms. The topological polar surface area (TPSA) is 113 Å². The van der Waals surface area contributed by atoms with Crippen molar-refractivity contribution in [1.29, 1.82) is 0 Å². The first-order valence-electron chi connectivity index (χ1n) is 10.7. The first-order valence-corrected chi connectivity index (χ1v) is 14.2. The van der Waals surface area contributed by atoms with Crippen LogP contribution in [0.3, 0.4) is 0 Å². The Balaban J connectivity index is 4.25. The zero-order valence-electron chi connectivity index (χ0n) is 20.1. The highest BCUT2D eigenvalue weighted by Crippen LogP contribution is 2.57. The molecule has 31 heavy (non-hydrogen) atoms. The molecule has 0 bridgehead atoms. The van der Waals surface area contributed by atoms with E-state index in [4.69, 9.17) is 4.89 Å². The molecule has 0 aromatic heterocycles. The van der Waals surface area contributed by atoms with Crippen LogP contribution in [0.2, 0.25) is 0 Å². The number of phosphoric acid groups is 1. The second-order valence-electron chi connectivity index (χ2n) is 8.97. The maximum atomic E-state index is 11.5. The van der Waals surface area contributed by atoms with Crippen molar-refractivity contribution >= 4 is 15.4 Å². The molecule has 0 fully saturated rings. The Hall–Kier alpha value is -0.520. The number of allylic oxidation sites excluding steroid dienone is 5. The predicted molar refractivity (Wildman–Crippen MR) is 127 cm³/mol. The molecule has 0 heterocycles. The summed E-state index contributed by atoms with van der Waals surface area (Å²) in [6.45, 7) is 12.6. The number of hydrogen-bond acceptors (Lipinski definition) is 5. The largest absolute Gasteiger partial charge is 0.479 e. The average molecular weight is 481 g/mol. The monoisotopic (exact) mass is 480 g/mol. The van der Waals surface area contributed by atoms with Crippen LogP contribution >= 0.6 is 15.4 Å². The summed E-state index contributed by atoms with van der Waals surface area (Å²) >= 11 is 0. The van der Waals surface area contributed by atoms with Gasteiger partial charge in [0.05, 0.1) is 12.2 Å². The quantitative estimate of drug-likeness (QED) is 0.181. The summed E-state index contributed by atoms with van der Waals surface area (Å²) in [5.41, 5.74) is 3.02. The van der Waals surface area contributed by atoms with Gasteiger partial charge in [-0.25, -0.2) is 8.88 Å². The molecule has 0 aliphatic rings. The van der Waals surface area contributed by atoms with Crippen LogP contribution in [0.15, 0.2) is 34.9 Å². The van der Waals surface area contributed by atoms with Gasteiger partial charge in [-0.2, -0.15) is 0 Å². The highest BCUT2D eigenvalue weighted by Gasteiger charge is 2.29. The van der Waals surface area contributed by atoms with Crippen molar-refractivity contribution < 1.29 is 32.9 Å². The van der Waals surface area contributed by atoms with E-state index in [9.17, 15) is 19.1 Å². The molecule has 0 saturated heterocycles. The van der Waals surface area contributed by atoms with Crippen molar-refractivity contribution in [3.63, 3.8) is 0 Å². The lowest BCUT2D eigenvalue weighted by molar-refractivity contribution is 0.0215. The van der Waals surface area contributed by atoms with Gasteiger partial charge in [0.25, 0.3) is 0 Å². The van der Waals surface area contributed by atoms with Crippen LogP contribution in [0.4, 0.5) is 0 Å². The zero-order valence-corrected chi connectivity index (χ0v) is 21.9. The minimum atomic E-state index is -4.54. The van der Waals surface area contributed by atoms with Crippen LogP contribution < -0.4 is 0 Å². The maximum Gasteiger partial charge on any atom is 0.479 e. The van der Waals surface area contributed by atoms with Crippen LogP contribution in [-0.4, -0.2) is 33.8 Å². The van der Waals surface area contributed by atoms with Crippen LogP contribution in [0.25, 0.3) is 0 Å².